The standard InChI is InChI=1S/C18H22N4O3/c1-13-4-5-14(2)16(8-13)25-12-18(24)21-6-7-22(17(23)11-21)15-9-19-20(3)10-15/h4-5,8-10H,6-7,11-12H2,1-3H3. The van der Waals surface area contributed by atoms with Crippen molar-refractivity contribution in [2.24, 2.45) is 7.05 Å². The SMILES string of the molecule is Cc1ccc(C)c(OCC(=O)N2CCN(c3cnn(C)c3)C(=O)C2)c1. The minimum Gasteiger partial charge on any atom is -0.483 e. The van der Waals surface area contributed by atoms with Gasteiger partial charge in [-0.05, 0) is 31.0 Å². The Kier molecular flexibility index (Phi) is 4.74. The molecule has 0 radical (unpaired) electrons. The number of rotatable bonds is 4. The third-order valence-corrected chi connectivity index (χ3v) is 4.27. The van der Waals surface area contributed by atoms with Crippen molar-refractivity contribution in [3.8, 4) is 5.75 Å². The van der Waals surface area contributed by atoms with E-state index in [1.54, 1.807) is 33.9 Å². The number of nitrogens with zero attached hydrogens (tertiary/aromatic N) is 4. The first kappa shape index (κ1) is 17.0. The van der Waals surface area contributed by atoms with Gasteiger partial charge in [0.2, 0.25) is 5.91 Å². The van der Waals surface area contributed by atoms with Gasteiger partial charge in [-0.15, -0.1) is 0 Å². The molecule has 1 aromatic carbocycles. The van der Waals surface area contributed by atoms with Crippen molar-refractivity contribution in [1.82, 2.24) is 14.7 Å². The van der Waals surface area contributed by atoms with Crippen LogP contribution in [0.3, 0.4) is 0 Å². The maximum atomic E-state index is 12.4. The molecule has 3 rings (SSSR count). The molecule has 132 valence electrons. The number of aromatic nitrogens is 2. The summed E-state index contributed by atoms with van der Waals surface area (Å²) in [5.41, 5.74) is 2.82. The fraction of sp³-hybridized carbons (Fsp3) is 0.389. The lowest BCUT2D eigenvalue weighted by atomic mass is 10.1. The van der Waals surface area contributed by atoms with Gasteiger partial charge in [-0.25, -0.2) is 0 Å². The summed E-state index contributed by atoms with van der Waals surface area (Å²) in [6, 6.07) is 5.87. The highest BCUT2D eigenvalue weighted by atomic mass is 16.5. The molecule has 2 aromatic rings. The molecule has 1 fully saturated rings. The van der Waals surface area contributed by atoms with Crippen molar-refractivity contribution in [2.45, 2.75) is 13.8 Å². The predicted molar refractivity (Wildman–Crippen MR) is 93.6 cm³/mol. The highest BCUT2D eigenvalue weighted by Gasteiger charge is 2.28. The van der Waals surface area contributed by atoms with Crippen LogP contribution in [-0.2, 0) is 16.6 Å². The van der Waals surface area contributed by atoms with Crippen molar-refractivity contribution in [1.29, 1.82) is 0 Å². The predicted octanol–water partition coefficient (Wildman–Crippen LogP) is 1.29. The molecule has 0 spiro atoms. The molecule has 25 heavy (non-hydrogen) atoms. The van der Waals surface area contributed by atoms with Gasteiger partial charge in [-0.1, -0.05) is 12.1 Å². The molecule has 7 nitrogen and oxygen atoms in total. The zero-order valence-corrected chi connectivity index (χ0v) is 14.7. The summed E-state index contributed by atoms with van der Waals surface area (Å²) in [6.45, 7) is 4.85. The number of carbonyl (C=O) groups is 2. The van der Waals surface area contributed by atoms with Gasteiger partial charge in [0.15, 0.2) is 6.61 Å². The van der Waals surface area contributed by atoms with Crippen LogP contribution in [0.5, 0.6) is 5.75 Å². The van der Waals surface area contributed by atoms with Crippen molar-refractivity contribution in [3.63, 3.8) is 0 Å². The first-order valence-electron chi connectivity index (χ1n) is 8.21. The average Bonchev–Trinajstić information content (AvgIpc) is 3.01. The van der Waals surface area contributed by atoms with Crippen molar-refractivity contribution >= 4 is 17.5 Å². The molecule has 0 unspecified atom stereocenters. The monoisotopic (exact) mass is 342 g/mol. The summed E-state index contributed by atoms with van der Waals surface area (Å²) in [5.74, 6) is 0.410. The summed E-state index contributed by atoms with van der Waals surface area (Å²) >= 11 is 0. The lowest BCUT2D eigenvalue weighted by molar-refractivity contribution is -0.138. The number of benzene rings is 1. The third-order valence-electron chi connectivity index (χ3n) is 4.27. The molecular formula is C18H22N4O3. The van der Waals surface area contributed by atoms with Crippen LogP contribution in [0.15, 0.2) is 30.6 Å². The Balaban J connectivity index is 1.57. The summed E-state index contributed by atoms with van der Waals surface area (Å²) in [4.78, 5) is 27.9. The quantitative estimate of drug-likeness (QED) is 0.840. The fourth-order valence-corrected chi connectivity index (χ4v) is 2.80. The van der Waals surface area contributed by atoms with Crippen LogP contribution < -0.4 is 9.64 Å². The van der Waals surface area contributed by atoms with Crippen LogP contribution in [0.2, 0.25) is 0 Å². The lowest BCUT2D eigenvalue weighted by Gasteiger charge is -2.33. The van der Waals surface area contributed by atoms with Gasteiger partial charge < -0.3 is 14.5 Å². The van der Waals surface area contributed by atoms with Gasteiger partial charge in [0.1, 0.15) is 12.3 Å². The van der Waals surface area contributed by atoms with Crippen LogP contribution in [0, 0.1) is 13.8 Å². The van der Waals surface area contributed by atoms with E-state index in [4.69, 9.17) is 4.74 Å². The molecule has 0 saturated carbocycles. The number of aryl methyl sites for hydroxylation is 3. The smallest absolute Gasteiger partial charge is 0.261 e. The molecule has 0 atom stereocenters. The summed E-state index contributed by atoms with van der Waals surface area (Å²) in [5, 5.41) is 4.08. The van der Waals surface area contributed by atoms with Gasteiger partial charge in [0.25, 0.3) is 5.91 Å². The number of carbonyl (C=O) groups excluding carboxylic acids is 2. The van der Waals surface area contributed by atoms with Crippen LogP contribution in [0.1, 0.15) is 11.1 Å². The molecule has 1 saturated heterocycles. The number of hydrogen-bond donors (Lipinski definition) is 0. The maximum Gasteiger partial charge on any atom is 0.261 e. The Morgan fingerprint density at radius 3 is 2.76 bits per heavy atom. The average molecular weight is 342 g/mol. The largest absolute Gasteiger partial charge is 0.483 e. The first-order chi connectivity index (χ1) is 11.9. The summed E-state index contributed by atoms with van der Waals surface area (Å²) in [6.07, 6.45) is 3.44. The van der Waals surface area contributed by atoms with E-state index in [1.807, 2.05) is 32.0 Å². The number of hydrogen-bond acceptors (Lipinski definition) is 4. The second-order valence-corrected chi connectivity index (χ2v) is 6.29. The van der Waals surface area contributed by atoms with E-state index < -0.39 is 0 Å². The lowest BCUT2D eigenvalue weighted by Crippen LogP contribution is -2.53. The van der Waals surface area contributed by atoms with Gasteiger partial charge >= 0.3 is 0 Å². The molecule has 0 N–H and O–H groups in total. The fourth-order valence-electron chi connectivity index (χ4n) is 2.80. The topological polar surface area (TPSA) is 67.7 Å². The summed E-state index contributed by atoms with van der Waals surface area (Å²) < 4.78 is 7.30. The van der Waals surface area contributed by atoms with Crippen molar-refractivity contribution < 1.29 is 14.3 Å². The minimum absolute atomic E-state index is 0.0594. The zero-order valence-electron chi connectivity index (χ0n) is 14.7. The van der Waals surface area contributed by atoms with E-state index >= 15 is 0 Å². The zero-order chi connectivity index (χ0) is 18.0. The molecule has 2 heterocycles. The Labute approximate surface area is 146 Å². The minimum atomic E-state index is -0.180. The number of piperazine rings is 1. The Bertz CT molecular complexity index is 799. The van der Waals surface area contributed by atoms with E-state index in [2.05, 4.69) is 5.10 Å². The van der Waals surface area contributed by atoms with E-state index in [-0.39, 0.29) is 25.0 Å². The molecule has 7 heteroatoms. The van der Waals surface area contributed by atoms with Crippen LogP contribution >= 0.6 is 0 Å². The highest BCUT2D eigenvalue weighted by Crippen LogP contribution is 2.20. The third kappa shape index (κ3) is 3.81. The second kappa shape index (κ2) is 6.96. The van der Waals surface area contributed by atoms with Crippen molar-refractivity contribution in [3.05, 3.63) is 41.7 Å². The van der Waals surface area contributed by atoms with E-state index in [1.165, 1.54) is 0 Å². The van der Waals surface area contributed by atoms with Crippen LogP contribution in [0.4, 0.5) is 5.69 Å². The Hall–Kier alpha value is -2.83. The van der Waals surface area contributed by atoms with Gasteiger partial charge in [-0.2, -0.15) is 5.10 Å². The molecule has 1 aliphatic rings. The molecule has 0 bridgehead atoms. The van der Waals surface area contributed by atoms with Gasteiger partial charge in [0.05, 0.1) is 11.9 Å². The Morgan fingerprint density at radius 2 is 2.08 bits per heavy atom. The van der Waals surface area contributed by atoms with E-state index in [0.717, 1.165) is 16.8 Å². The molecular weight excluding hydrogens is 320 g/mol. The first-order valence-corrected chi connectivity index (χ1v) is 8.21. The molecule has 1 aliphatic heterocycles. The highest BCUT2D eigenvalue weighted by molar-refractivity contribution is 5.97. The van der Waals surface area contributed by atoms with Crippen LogP contribution in [-0.4, -0.2) is 52.7 Å². The number of ether oxygens (including phenoxy) is 1. The molecule has 2 amide bonds. The molecule has 1 aromatic heterocycles. The molecule has 0 aliphatic carbocycles. The van der Waals surface area contributed by atoms with Gasteiger partial charge in [-0.3, -0.25) is 14.3 Å². The number of anilines is 1. The van der Waals surface area contributed by atoms with Crippen LogP contribution in [0.25, 0.3) is 0 Å². The van der Waals surface area contributed by atoms with Crippen molar-refractivity contribution in [2.75, 3.05) is 31.1 Å². The van der Waals surface area contributed by atoms with E-state index in [0.29, 0.717) is 18.8 Å². The normalized spacial score (nSPS) is 14.8. The maximum absolute atomic E-state index is 12.4. The Morgan fingerprint density at radius 1 is 1.28 bits per heavy atom. The summed E-state index contributed by atoms with van der Waals surface area (Å²) in [7, 11) is 1.80. The number of amides is 2. The van der Waals surface area contributed by atoms with Gasteiger partial charge in [0, 0.05) is 26.3 Å². The van der Waals surface area contributed by atoms with E-state index in [9.17, 15) is 9.59 Å². The second-order valence-electron chi connectivity index (χ2n) is 6.29.